The molecule has 0 saturated carbocycles. The second kappa shape index (κ2) is 7.34. The molecule has 22 heavy (non-hydrogen) atoms. The highest BCUT2D eigenvalue weighted by Gasteiger charge is 2.23. The number of hydrogen-bond donors (Lipinski definition) is 1. The molecule has 0 aliphatic carbocycles. The maximum atomic E-state index is 11.8. The maximum absolute atomic E-state index is 11.8. The number of nitrogens with zero attached hydrogens (tertiary/aromatic N) is 1. The average Bonchev–Trinajstić information content (AvgIpc) is 2.41. The van der Waals surface area contributed by atoms with Gasteiger partial charge in [0, 0.05) is 30.7 Å². The Bertz CT molecular complexity index is 488. The second-order valence-electron chi connectivity index (χ2n) is 6.82. The largest absolute Gasteiger partial charge is 0.444 e. The zero-order chi connectivity index (χ0) is 16.2. The molecule has 0 atom stereocenters. The lowest BCUT2D eigenvalue weighted by Crippen LogP contribution is -2.45. The van der Waals surface area contributed by atoms with E-state index in [9.17, 15) is 4.79 Å². The molecule has 1 saturated heterocycles. The summed E-state index contributed by atoms with van der Waals surface area (Å²) in [5, 5.41) is 3.73. The van der Waals surface area contributed by atoms with Crippen molar-refractivity contribution in [3.63, 3.8) is 0 Å². The quantitative estimate of drug-likeness (QED) is 0.918. The van der Waals surface area contributed by atoms with Gasteiger partial charge in [-0.25, -0.2) is 4.79 Å². The van der Waals surface area contributed by atoms with Crippen molar-refractivity contribution in [1.82, 2.24) is 10.2 Å². The molecular formula is C17H25ClN2O2. The third-order valence-corrected chi connectivity index (χ3v) is 3.88. The number of amides is 1. The van der Waals surface area contributed by atoms with Crippen molar-refractivity contribution in [2.75, 3.05) is 13.1 Å². The van der Waals surface area contributed by atoms with Gasteiger partial charge in [0.1, 0.15) is 5.60 Å². The van der Waals surface area contributed by atoms with E-state index in [-0.39, 0.29) is 12.1 Å². The molecule has 0 aromatic heterocycles. The van der Waals surface area contributed by atoms with Gasteiger partial charge in [-0.15, -0.1) is 0 Å². The molecule has 4 nitrogen and oxygen atoms in total. The summed E-state index contributed by atoms with van der Waals surface area (Å²) in [6, 6.07) is 8.18. The average molecular weight is 325 g/mol. The number of hydrogen-bond acceptors (Lipinski definition) is 3. The predicted molar refractivity (Wildman–Crippen MR) is 89.1 cm³/mol. The molecule has 0 spiro atoms. The molecule has 0 unspecified atom stereocenters. The Morgan fingerprint density at radius 1 is 1.27 bits per heavy atom. The third-order valence-electron chi connectivity index (χ3n) is 3.63. The molecule has 1 aromatic carbocycles. The molecule has 1 aromatic rings. The van der Waals surface area contributed by atoms with E-state index in [4.69, 9.17) is 16.3 Å². The molecule has 1 aliphatic rings. The van der Waals surface area contributed by atoms with Crippen molar-refractivity contribution in [1.29, 1.82) is 0 Å². The van der Waals surface area contributed by atoms with Crippen molar-refractivity contribution in [3.05, 3.63) is 34.9 Å². The van der Waals surface area contributed by atoms with E-state index in [1.165, 1.54) is 5.56 Å². The highest BCUT2D eigenvalue weighted by molar-refractivity contribution is 6.30. The lowest BCUT2D eigenvalue weighted by molar-refractivity contribution is 0.0477. The molecule has 1 fully saturated rings. The van der Waals surface area contributed by atoms with Gasteiger partial charge in [0.2, 0.25) is 0 Å². The first-order valence-corrected chi connectivity index (χ1v) is 8.16. The van der Waals surface area contributed by atoms with Crippen LogP contribution in [0.15, 0.2) is 24.3 Å². The summed E-state index contributed by atoms with van der Waals surface area (Å²) >= 11 is 5.90. The van der Waals surface area contributed by atoms with Crippen molar-refractivity contribution in [2.45, 2.75) is 51.8 Å². The minimum absolute atomic E-state index is 0.205. The summed E-state index contributed by atoms with van der Waals surface area (Å²) in [7, 11) is 0. The van der Waals surface area contributed by atoms with Crippen molar-refractivity contribution in [3.8, 4) is 0 Å². The standard InChI is InChI=1S/C17H25ClN2O2/c1-17(2,3)22-16(21)19-15-8-10-20(11-9-15)12-13-4-6-14(18)7-5-13/h4-7,15H,8-12H2,1-3H3,(H,19,21). The zero-order valence-corrected chi connectivity index (χ0v) is 14.3. The number of nitrogens with one attached hydrogen (secondary N) is 1. The number of carbonyl (C=O) groups is 1. The van der Waals surface area contributed by atoms with E-state index in [0.29, 0.717) is 0 Å². The third kappa shape index (κ3) is 5.85. The number of rotatable bonds is 3. The van der Waals surface area contributed by atoms with Gasteiger partial charge < -0.3 is 10.1 Å². The highest BCUT2D eigenvalue weighted by atomic mass is 35.5. The van der Waals surface area contributed by atoms with Crippen molar-refractivity contribution < 1.29 is 9.53 Å². The Balaban J connectivity index is 1.73. The summed E-state index contributed by atoms with van der Waals surface area (Å²) in [4.78, 5) is 14.2. The normalized spacial score (nSPS) is 17.3. The fourth-order valence-corrected chi connectivity index (χ4v) is 2.68. The van der Waals surface area contributed by atoms with Gasteiger partial charge in [-0.3, -0.25) is 4.90 Å². The minimum atomic E-state index is -0.445. The summed E-state index contributed by atoms with van der Waals surface area (Å²) in [5.74, 6) is 0. The molecule has 2 rings (SSSR count). The summed E-state index contributed by atoms with van der Waals surface area (Å²) < 4.78 is 5.30. The Kier molecular flexibility index (Phi) is 5.70. The van der Waals surface area contributed by atoms with Crippen molar-refractivity contribution >= 4 is 17.7 Å². The van der Waals surface area contributed by atoms with Crippen LogP contribution in [-0.4, -0.2) is 35.7 Å². The fourth-order valence-electron chi connectivity index (χ4n) is 2.56. The lowest BCUT2D eigenvalue weighted by atomic mass is 10.0. The SMILES string of the molecule is CC(C)(C)OC(=O)NC1CCN(Cc2ccc(Cl)cc2)CC1. The first-order chi connectivity index (χ1) is 10.3. The first kappa shape index (κ1) is 17.1. The Morgan fingerprint density at radius 3 is 2.41 bits per heavy atom. The van der Waals surface area contributed by atoms with Gasteiger partial charge in [-0.1, -0.05) is 23.7 Å². The van der Waals surface area contributed by atoms with Crippen LogP contribution < -0.4 is 5.32 Å². The second-order valence-corrected chi connectivity index (χ2v) is 7.26. The number of likely N-dealkylation sites (tertiary alicyclic amines) is 1. The fraction of sp³-hybridized carbons (Fsp3) is 0.588. The van der Waals surface area contributed by atoms with Gasteiger partial charge in [-0.05, 0) is 51.3 Å². The van der Waals surface area contributed by atoms with E-state index >= 15 is 0 Å². The number of benzene rings is 1. The van der Waals surface area contributed by atoms with E-state index in [2.05, 4.69) is 22.3 Å². The number of ether oxygens (including phenoxy) is 1. The molecule has 122 valence electrons. The van der Waals surface area contributed by atoms with E-state index in [0.717, 1.165) is 37.5 Å². The molecule has 0 bridgehead atoms. The summed E-state index contributed by atoms with van der Waals surface area (Å²) in [6.45, 7) is 8.51. The monoisotopic (exact) mass is 324 g/mol. The van der Waals surface area contributed by atoms with Gasteiger partial charge >= 0.3 is 6.09 Å². The molecule has 1 amide bonds. The van der Waals surface area contributed by atoms with Gasteiger partial charge in [0.15, 0.2) is 0 Å². The number of piperidine rings is 1. The predicted octanol–water partition coefficient (Wildman–Crippen LogP) is 3.83. The molecule has 0 radical (unpaired) electrons. The molecular weight excluding hydrogens is 300 g/mol. The van der Waals surface area contributed by atoms with Crippen LogP contribution in [0.4, 0.5) is 4.79 Å². The van der Waals surface area contributed by atoms with Crippen LogP contribution in [0.25, 0.3) is 0 Å². The van der Waals surface area contributed by atoms with Crippen LogP contribution in [0, 0.1) is 0 Å². The van der Waals surface area contributed by atoms with E-state index in [1.807, 2.05) is 32.9 Å². The Hall–Kier alpha value is -1.26. The minimum Gasteiger partial charge on any atom is -0.444 e. The summed E-state index contributed by atoms with van der Waals surface area (Å²) in [6.07, 6.45) is 1.59. The van der Waals surface area contributed by atoms with Crippen LogP contribution in [0.1, 0.15) is 39.2 Å². The molecule has 5 heteroatoms. The van der Waals surface area contributed by atoms with Crippen LogP contribution >= 0.6 is 11.6 Å². The van der Waals surface area contributed by atoms with Crippen LogP contribution in [0.5, 0.6) is 0 Å². The van der Waals surface area contributed by atoms with Crippen LogP contribution in [0.3, 0.4) is 0 Å². The van der Waals surface area contributed by atoms with E-state index < -0.39 is 5.60 Å². The molecule has 1 heterocycles. The summed E-state index contributed by atoms with van der Waals surface area (Å²) in [5.41, 5.74) is 0.822. The maximum Gasteiger partial charge on any atom is 0.407 e. The Morgan fingerprint density at radius 2 is 1.86 bits per heavy atom. The zero-order valence-electron chi connectivity index (χ0n) is 13.6. The van der Waals surface area contributed by atoms with Gasteiger partial charge in [0.05, 0.1) is 0 Å². The lowest BCUT2D eigenvalue weighted by Gasteiger charge is -2.32. The molecule has 1 N–H and O–H groups in total. The first-order valence-electron chi connectivity index (χ1n) is 7.78. The topological polar surface area (TPSA) is 41.6 Å². The van der Waals surface area contributed by atoms with Crippen molar-refractivity contribution in [2.24, 2.45) is 0 Å². The number of halogens is 1. The van der Waals surface area contributed by atoms with E-state index in [1.54, 1.807) is 0 Å². The van der Waals surface area contributed by atoms with Gasteiger partial charge in [-0.2, -0.15) is 0 Å². The number of alkyl carbamates (subject to hydrolysis) is 1. The number of carbonyl (C=O) groups excluding carboxylic acids is 1. The van der Waals surface area contributed by atoms with Gasteiger partial charge in [0.25, 0.3) is 0 Å². The molecule has 1 aliphatic heterocycles. The van der Waals surface area contributed by atoms with Crippen LogP contribution in [-0.2, 0) is 11.3 Å². The smallest absolute Gasteiger partial charge is 0.407 e. The Labute approximate surface area is 137 Å². The van der Waals surface area contributed by atoms with Crippen LogP contribution in [0.2, 0.25) is 5.02 Å². The highest BCUT2D eigenvalue weighted by Crippen LogP contribution is 2.16.